The van der Waals surface area contributed by atoms with Crippen molar-refractivity contribution in [3.63, 3.8) is 0 Å². The van der Waals surface area contributed by atoms with Gasteiger partial charge in [0.1, 0.15) is 5.82 Å². The maximum atomic E-state index is 12.9. The van der Waals surface area contributed by atoms with E-state index in [2.05, 4.69) is 30.4 Å². The number of halogens is 1. The highest BCUT2D eigenvalue weighted by Crippen LogP contribution is 2.20. The van der Waals surface area contributed by atoms with Crippen LogP contribution in [0.15, 0.2) is 33.1 Å². The van der Waals surface area contributed by atoms with Gasteiger partial charge in [-0.15, -0.1) is 10.2 Å². The normalized spacial score (nSPS) is 11.5. The Labute approximate surface area is 150 Å². The lowest BCUT2D eigenvalue weighted by atomic mass is 10.2. The van der Waals surface area contributed by atoms with Crippen LogP contribution >= 0.6 is 11.3 Å². The molecule has 3 rings (SSSR count). The summed E-state index contributed by atoms with van der Waals surface area (Å²) in [6.45, 7) is 0.994. The van der Waals surface area contributed by atoms with Gasteiger partial charge in [-0.3, -0.25) is 4.79 Å². The lowest BCUT2D eigenvalue weighted by Crippen LogP contribution is -2.23. The summed E-state index contributed by atoms with van der Waals surface area (Å²) in [6, 6.07) is 5.43. The smallest absolute Gasteiger partial charge is 0.270 e. The van der Waals surface area contributed by atoms with Crippen molar-refractivity contribution >= 4 is 32.4 Å². The zero-order valence-electron chi connectivity index (χ0n) is 13.1. The third kappa shape index (κ3) is 4.25. The molecule has 10 nitrogen and oxygen atoms in total. The fourth-order valence-corrected chi connectivity index (χ4v) is 3.74. The van der Waals surface area contributed by atoms with Crippen LogP contribution in [0.4, 0.5) is 9.52 Å². The average Bonchev–Trinajstić information content (AvgIpc) is 3.23. The summed E-state index contributed by atoms with van der Waals surface area (Å²) in [7, 11) is -3.97. The molecule has 0 aliphatic heterocycles. The van der Waals surface area contributed by atoms with Gasteiger partial charge in [0.05, 0.1) is 6.54 Å². The number of hydrogen-bond acceptors (Lipinski definition) is 9. The molecule has 136 valence electrons. The van der Waals surface area contributed by atoms with Crippen molar-refractivity contribution in [1.29, 1.82) is 0 Å². The van der Waals surface area contributed by atoms with Gasteiger partial charge in [0.15, 0.2) is 0 Å². The highest BCUT2D eigenvalue weighted by atomic mass is 32.2. The SMILES string of the molecule is CC(=O)Nc1nnc(S(=O)(=O)NCc2nc(-c3ccc(F)cc3)no2)s1. The molecule has 0 radical (unpaired) electrons. The molecule has 0 unspecified atom stereocenters. The standard InChI is InChI=1S/C13H11FN6O4S2/c1-7(21)16-12-18-19-13(25-12)26(22,23)15-6-10-17-11(20-24-10)8-2-4-9(14)5-3-8/h2-5,15H,6H2,1H3,(H,16,18,21). The second-order valence-corrected chi connectivity index (χ2v) is 7.82. The van der Waals surface area contributed by atoms with Crippen LogP contribution < -0.4 is 10.0 Å². The van der Waals surface area contributed by atoms with Crippen molar-refractivity contribution in [2.75, 3.05) is 5.32 Å². The number of aromatic nitrogens is 4. The Bertz CT molecular complexity index is 1030. The van der Waals surface area contributed by atoms with Gasteiger partial charge >= 0.3 is 0 Å². The Morgan fingerprint density at radius 3 is 2.69 bits per heavy atom. The molecular weight excluding hydrogens is 387 g/mol. The maximum absolute atomic E-state index is 12.9. The molecule has 0 aliphatic carbocycles. The minimum Gasteiger partial charge on any atom is -0.338 e. The van der Waals surface area contributed by atoms with Gasteiger partial charge in [-0.2, -0.15) is 9.71 Å². The molecule has 13 heteroatoms. The Hall–Kier alpha value is -2.77. The molecular formula is C13H11FN6O4S2. The zero-order valence-corrected chi connectivity index (χ0v) is 14.8. The topological polar surface area (TPSA) is 140 Å². The van der Waals surface area contributed by atoms with Crippen LogP contribution in [0.5, 0.6) is 0 Å². The highest BCUT2D eigenvalue weighted by molar-refractivity contribution is 7.91. The number of rotatable bonds is 6. The van der Waals surface area contributed by atoms with Crippen molar-refractivity contribution in [3.05, 3.63) is 36.0 Å². The summed E-state index contributed by atoms with van der Waals surface area (Å²) < 4.78 is 44.2. The van der Waals surface area contributed by atoms with Crippen LogP contribution in [0.25, 0.3) is 11.4 Å². The lowest BCUT2D eigenvalue weighted by molar-refractivity contribution is -0.114. The first-order valence-corrected chi connectivity index (χ1v) is 9.33. The number of benzene rings is 1. The van der Waals surface area contributed by atoms with E-state index in [0.29, 0.717) is 16.9 Å². The van der Waals surface area contributed by atoms with Crippen LogP contribution in [0.3, 0.4) is 0 Å². The van der Waals surface area contributed by atoms with E-state index in [4.69, 9.17) is 4.52 Å². The summed E-state index contributed by atoms with van der Waals surface area (Å²) in [4.78, 5) is 15.0. The minimum atomic E-state index is -3.97. The summed E-state index contributed by atoms with van der Waals surface area (Å²) in [5, 5.41) is 13.2. The molecule has 0 atom stereocenters. The van der Waals surface area contributed by atoms with Gasteiger partial charge in [0.2, 0.25) is 27.1 Å². The van der Waals surface area contributed by atoms with E-state index < -0.39 is 21.7 Å². The molecule has 0 saturated heterocycles. The lowest BCUT2D eigenvalue weighted by Gasteiger charge is -1.99. The van der Waals surface area contributed by atoms with E-state index in [1.54, 1.807) is 0 Å². The second-order valence-electron chi connectivity index (χ2n) is 4.90. The van der Waals surface area contributed by atoms with E-state index in [-0.39, 0.29) is 27.7 Å². The number of nitrogens with zero attached hydrogens (tertiary/aromatic N) is 4. The molecule has 0 spiro atoms. The summed E-state index contributed by atoms with van der Waals surface area (Å²) in [6.07, 6.45) is 0. The number of carbonyl (C=O) groups is 1. The first kappa shape index (κ1) is 18.0. The zero-order chi connectivity index (χ0) is 18.7. The first-order chi connectivity index (χ1) is 12.3. The summed E-state index contributed by atoms with van der Waals surface area (Å²) in [5.74, 6) is -0.583. The Morgan fingerprint density at radius 2 is 2.00 bits per heavy atom. The van der Waals surface area contributed by atoms with Gasteiger partial charge in [-0.1, -0.05) is 16.5 Å². The van der Waals surface area contributed by atoms with Gasteiger partial charge in [0.25, 0.3) is 10.0 Å². The molecule has 2 N–H and O–H groups in total. The van der Waals surface area contributed by atoms with E-state index in [0.717, 1.165) is 0 Å². The number of sulfonamides is 1. The van der Waals surface area contributed by atoms with Gasteiger partial charge in [-0.25, -0.2) is 12.8 Å². The van der Waals surface area contributed by atoms with Crippen LogP contribution in [-0.4, -0.2) is 34.7 Å². The van der Waals surface area contributed by atoms with Crippen LogP contribution in [0.1, 0.15) is 12.8 Å². The predicted molar refractivity (Wildman–Crippen MR) is 87.9 cm³/mol. The van der Waals surface area contributed by atoms with Crippen molar-refractivity contribution in [3.8, 4) is 11.4 Å². The highest BCUT2D eigenvalue weighted by Gasteiger charge is 2.21. The maximum Gasteiger partial charge on any atom is 0.270 e. The van der Waals surface area contributed by atoms with E-state index in [1.807, 2.05) is 0 Å². The van der Waals surface area contributed by atoms with E-state index in [9.17, 15) is 17.6 Å². The molecule has 0 saturated carbocycles. The van der Waals surface area contributed by atoms with Gasteiger partial charge in [0, 0.05) is 12.5 Å². The second kappa shape index (κ2) is 7.23. The molecule has 0 bridgehead atoms. The van der Waals surface area contributed by atoms with E-state index in [1.165, 1.54) is 31.2 Å². The molecule has 0 fully saturated rings. The molecule has 2 heterocycles. The van der Waals surface area contributed by atoms with Crippen LogP contribution in [0, 0.1) is 5.82 Å². The van der Waals surface area contributed by atoms with Crippen LogP contribution in [0.2, 0.25) is 0 Å². The van der Waals surface area contributed by atoms with Gasteiger partial charge < -0.3 is 9.84 Å². The summed E-state index contributed by atoms with van der Waals surface area (Å²) >= 11 is 0.700. The number of hydrogen-bond donors (Lipinski definition) is 2. The number of amides is 1. The van der Waals surface area contributed by atoms with Crippen molar-refractivity contribution in [1.82, 2.24) is 25.1 Å². The Balaban J connectivity index is 1.67. The quantitative estimate of drug-likeness (QED) is 0.590. The summed E-state index contributed by atoms with van der Waals surface area (Å²) in [5.41, 5.74) is 0.522. The first-order valence-electron chi connectivity index (χ1n) is 7.03. The third-order valence-electron chi connectivity index (χ3n) is 2.90. The van der Waals surface area contributed by atoms with Gasteiger partial charge in [-0.05, 0) is 24.3 Å². The molecule has 0 aliphatic rings. The molecule has 3 aromatic rings. The number of anilines is 1. The average molecular weight is 398 g/mol. The fourth-order valence-electron chi connectivity index (χ4n) is 1.78. The Morgan fingerprint density at radius 1 is 1.27 bits per heavy atom. The fraction of sp³-hybridized carbons (Fsp3) is 0.154. The predicted octanol–water partition coefficient (Wildman–Crippen LogP) is 1.16. The van der Waals surface area contributed by atoms with Crippen molar-refractivity contribution in [2.24, 2.45) is 0 Å². The molecule has 26 heavy (non-hydrogen) atoms. The third-order valence-corrected chi connectivity index (χ3v) is 5.51. The number of nitrogens with one attached hydrogen (secondary N) is 2. The largest absolute Gasteiger partial charge is 0.338 e. The molecule has 1 aromatic carbocycles. The Kier molecular flexibility index (Phi) is 5.01. The number of carbonyl (C=O) groups excluding carboxylic acids is 1. The van der Waals surface area contributed by atoms with Crippen molar-refractivity contribution in [2.45, 2.75) is 17.8 Å². The monoisotopic (exact) mass is 398 g/mol. The molecule has 2 aromatic heterocycles. The van der Waals surface area contributed by atoms with Crippen molar-refractivity contribution < 1.29 is 22.1 Å². The molecule has 1 amide bonds. The van der Waals surface area contributed by atoms with E-state index >= 15 is 0 Å². The minimum absolute atomic E-state index is 0.0134. The van der Waals surface area contributed by atoms with Crippen LogP contribution in [-0.2, 0) is 21.4 Å².